The highest BCUT2D eigenvalue weighted by molar-refractivity contribution is 8.00. The van der Waals surface area contributed by atoms with Crippen LogP contribution in [0, 0.1) is 0 Å². The molecule has 1 atom stereocenters. The molecule has 0 unspecified atom stereocenters. The first-order valence-electron chi connectivity index (χ1n) is 3.98. The van der Waals surface area contributed by atoms with Gasteiger partial charge in [-0.15, -0.1) is 11.8 Å². The Kier molecular flexibility index (Phi) is 4.25. The first-order valence-corrected chi connectivity index (χ1v) is 5.24. The van der Waals surface area contributed by atoms with E-state index in [0.29, 0.717) is 5.02 Å². The van der Waals surface area contributed by atoms with Crippen LogP contribution in [-0.4, -0.2) is 22.9 Å². The van der Waals surface area contributed by atoms with Gasteiger partial charge in [0.2, 0.25) is 0 Å². The van der Waals surface area contributed by atoms with Crippen LogP contribution in [0.15, 0.2) is 29.2 Å². The van der Waals surface area contributed by atoms with Gasteiger partial charge in [-0.05, 0) is 18.2 Å². The summed E-state index contributed by atoms with van der Waals surface area (Å²) in [5.41, 5.74) is 5.32. The number of nitrogens with two attached hydrogens (primary N) is 1. The van der Waals surface area contributed by atoms with Crippen molar-refractivity contribution in [2.75, 3.05) is 6.54 Å². The zero-order chi connectivity index (χ0) is 10.6. The van der Waals surface area contributed by atoms with Gasteiger partial charge in [-0.25, -0.2) is 0 Å². The number of carboxylic acid groups (broad SMARTS) is 1. The number of rotatable bonds is 4. The third kappa shape index (κ3) is 3.21. The fourth-order valence-corrected chi connectivity index (χ4v) is 2.04. The molecule has 14 heavy (non-hydrogen) atoms. The molecule has 0 aliphatic heterocycles. The van der Waals surface area contributed by atoms with E-state index < -0.39 is 11.2 Å². The minimum atomic E-state index is -0.905. The van der Waals surface area contributed by atoms with Gasteiger partial charge in [0.1, 0.15) is 5.25 Å². The molecule has 0 aliphatic rings. The van der Waals surface area contributed by atoms with E-state index in [0.717, 1.165) is 4.90 Å². The standard InChI is InChI=1S/C9H10ClNO2S/c10-6-2-1-3-7(4-6)14-8(5-11)9(12)13/h1-4,8H,5,11H2,(H,12,13)/t8-/m0/s1. The first-order chi connectivity index (χ1) is 6.63. The molecule has 1 aromatic rings. The van der Waals surface area contributed by atoms with Gasteiger partial charge < -0.3 is 10.8 Å². The fourth-order valence-electron chi connectivity index (χ4n) is 0.904. The van der Waals surface area contributed by atoms with Gasteiger partial charge in [0.25, 0.3) is 0 Å². The lowest BCUT2D eigenvalue weighted by molar-refractivity contribution is -0.136. The van der Waals surface area contributed by atoms with Crippen molar-refractivity contribution >= 4 is 29.3 Å². The molecule has 0 amide bonds. The molecule has 0 fully saturated rings. The molecule has 0 heterocycles. The van der Waals surface area contributed by atoms with Crippen molar-refractivity contribution < 1.29 is 9.90 Å². The summed E-state index contributed by atoms with van der Waals surface area (Å²) in [5, 5.41) is 8.75. The topological polar surface area (TPSA) is 63.3 Å². The summed E-state index contributed by atoms with van der Waals surface area (Å²) in [4.78, 5) is 11.5. The SMILES string of the molecule is NC[C@H](Sc1cccc(Cl)c1)C(=O)O. The quantitative estimate of drug-likeness (QED) is 0.777. The highest BCUT2D eigenvalue weighted by Gasteiger charge is 2.16. The van der Waals surface area contributed by atoms with Gasteiger partial charge in [0.05, 0.1) is 0 Å². The zero-order valence-electron chi connectivity index (χ0n) is 7.31. The molecular weight excluding hydrogens is 222 g/mol. The third-order valence-corrected chi connectivity index (χ3v) is 3.00. The summed E-state index contributed by atoms with van der Waals surface area (Å²) in [7, 11) is 0. The third-order valence-electron chi connectivity index (χ3n) is 1.56. The lowest BCUT2D eigenvalue weighted by Crippen LogP contribution is -2.25. The molecule has 0 saturated carbocycles. The van der Waals surface area contributed by atoms with E-state index in [-0.39, 0.29) is 6.54 Å². The summed E-state index contributed by atoms with van der Waals surface area (Å²) in [6.45, 7) is 0.104. The summed E-state index contributed by atoms with van der Waals surface area (Å²) >= 11 is 6.96. The number of carboxylic acids is 1. The van der Waals surface area contributed by atoms with Crippen LogP contribution in [0.2, 0.25) is 5.02 Å². The minimum Gasteiger partial charge on any atom is -0.480 e. The largest absolute Gasteiger partial charge is 0.480 e. The van der Waals surface area contributed by atoms with E-state index in [1.54, 1.807) is 18.2 Å². The normalized spacial score (nSPS) is 12.4. The maximum atomic E-state index is 10.7. The second-order valence-corrected chi connectivity index (χ2v) is 4.35. The number of aliphatic carboxylic acids is 1. The Labute approximate surface area is 91.2 Å². The van der Waals surface area contributed by atoms with Crippen molar-refractivity contribution in [2.24, 2.45) is 5.73 Å². The molecule has 5 heteroatoms. The van der Waals surface area contributed by atoms with E-state index in [4.69, 9.17) is 22.4 Å². The monoisotopic (exact) mass is 231 g/mol. The summed E-state index contributed by atoms with van der Waals surface area (Å²) in [6.07, 6.45) is 0. The number of halogens is 1. The van der Waals surface area contributed by atoms with Crippen LogP contribution in [0.5, 0.6) is 0 Å². The predicted octanol–water partition coefficient (Wildman–Crippen LogP) is 1.84. The Hall–Kier alpha value is -0.710. The Morgan fingerprint density at radius 3 is 2.86 bits per heavy atom. The molecule has 1 aromatic carbocycles. The lowest BCUT2D eigenvalue weighted by Gasteiger charge is -2.08. The second kappa shape index (κ2) is 5.24. The van der Waals surface area contributed by atoms with Crippen LogP contribution < -0.4 is 5.73 Å². The van der Waals surface area contributed by atoms with Gasteiger partial charge in [0.15, 0.2) is 0 Å². The molecule has 0 aromatic heterocycles. The zero-order valence-corrected chi connectivity index (χ0v) is 8.89. The Balaban J connectivity index is 2.72. The molecule has 0 radical (unpaired) electrons. The second-order valence-electron chi connectivity index (χ2n) is 2.64. The molecule has 0 saturated heterocycles. The van der Waals surface area contributed by atoms with E-state index in [2.05, 4.69) is 0 Å². The molecule has 0 bridgehead atoms. The Morgan fingerprint density at radius 2 is 2.36 bits per heavy atom. The van der Waals surface area contributed by atoms with Crippen molar-refractivity contribution in [2.45, 2.75) is 10.1 Å². The lowest BCUT2D eigenvalue weighted by atomic mass is 10.4. The van der Waals surface area contributed by atoms with E-state index in [1.807, 2.05) is 6.07 Å². The number of hydrogen-bond donors (Lipinski definition) is 2. The summed E-state index contributed by atoms with van der Waals surface area (Å²) in [5.74, 6) is -0.905. The van der Waals surface area contributed by atoms with Gasteiger partial charge in [-0.1, -0.05) is 17.7 Å². The van der Waals surface area contributed by atoms with Crippen LogP contribution in [0.3, 0.4) is 0 Å². The van der Waals surface area contributed by atoms with Crippen LogP contribution in [-0.2, 0) is 4.79 Å². The van der Waals surface area contributed by atoms with Crippen LogP contribution in [0.25, 0.3) is 0 Å². The van der Waals surface area contributed by atoms with Crippen LogP contribution in [0.4, 0.5) is 0 Å². The summed E-state index contributed by atoms with van der Waals surface area (Å²) < 4.78 is 0. The van der Waals surface area contributed by atoms with Crippen LogP contribution >= 0.6 is 23.4 Å². The molecule has 3 nitrogen and oxygen atoms in total. The van der Waals surface area contributed by atoms with Crippen molar-refractivity contribution in [1.29, 1.82) is 0 Å². The van der Waals surface area contributed by atoms with E-state index in [1.165, 1.54) is 11.8 Å². The summed E-state index contributed by atoms with van der Waals surface area (Å²) in [6, 6.07) is 7.05. The molecule has 1 rings (SSSR count). The average molecular weight is 232 g/mol. The molecule has 0 spiro atoms. The van der Waals surface area contributed by atoms with Crippen molar-refractivity contribution in [3.63, 3.8) is 0 Å². The van der Waals surface area contributed by atoms with Crippen molar-refractivity contribution in [3.8, 4) is 0 Å². The van der Waals surface area contributed by atoms with Gasteiger partial charge in [-0.2, -0.15) is 0 Å². The predicted molar refractivity (Wildman–Crippen MR) is 57.8 cm³/mol. The van der Waals surface area contributed by atoms with Gasteiger partial charge in [-0.3, -0.25) is 4.79 Å². The van der Waals surface area contributed by atoms with Gasteiger partial charge in [0, 0.05) is 16.5 Å². The number of hydrogen-bond acceptors (Lipinski definition) is 3. The number of benzene rings is 1. The maximum absolute atomic E-state index is 10.7. The van der Waals surface area contributed by atoms with Crippen molar-refractivity contribution in [3.05, 3.63) is 29.3 Å². The molecule has 3 N–H and O–H groups in total. The highest BCUT2D eigenvalue weighted by Crippen LogP contribution is 2.25. The molecule has 0 aliphatic carbocycles. The molecule has 76 valence electrons. The van der Waals surface area contributed by atoms with Gasteiger partial charge >= 0.3 is 5.97 Å². The fraction of sp³-hybridized carbons (Fsp3) is 0.222. The highest BCUT2D eigenvalue weighted by atomic mass is 35.5. The van der Waals surface area contributed by atoms with Crippen molar-refractivity contribution in [1.82, 2.24) is 0 Å². The number of thioether (sulfide) groups is 1. The Bertz CT molecular complexity index is 332. The maximum Gasteiger partial charge on any atom is 0.318 e. The first kappa shape index (κ1) is 11.4. The minimum absolute atomic E-state index is 0.104. The smallest absolute Gasteiger partial charge is 0.318 e. The van der Waals surface area contributed by atoms with E-state index >= 15 is 0 Å². The number of carbonyl (C=O) groups is 1. The average Bonchev–Trinajstić information content (AvgIpc) is 2.14. The van der Waals surface area contributed by atoms with Crippen LogP contribution in [0.1, 0.15) is 0 Å². The van der Waals surface area contributed by atoms with E-state index in [9.17, 15) is 4.79 Å². The molecular formula is C9H10ClNO2S. The Morgan fingerprint density at radius 1 is 1.64 bits per heavy atom.